The number of rotatable bonds is 9. The van der Waals surface area contributed by atoms with E-state index in [4.69, 9.17) is 0 Å². The quantitative estimate of drug-likeness (QED) is 0.559. The molecule has 36 heavy (non-hydrogen) atoms. The number of halogens is 1. The first-order valence-electron chi connectivity index (χ1n) is 12.5. The molecule has 4 unspecified atom stereocenters. The van der Waals surface area contributed by atoms with Gasteiger partial charge < -0.3 is 10.2 Å². The molecule has 0 aliphatic carbocycles. The van der Waals surface area contributed by atoms with Crippen molar-refractivity contribution in [1.82, 2.24) is 25.6 Å². The molecule has 8 nitrogen and oxygen atoms in total. The van der Waals surface area contributed by atoms with Gasteiger partial charge in [-0.2, -0.15) is 0 Å². The zero-order valence-corrected chi connectivity index (χ0v) is 21.0. The van der Waals surface area contributed by atoms with E-state index >= 15 is 0 Å². The van der Waals surface area contributed by atoms with Crippen LogP contribution in [0.2, 0.25) is 0 Å². The molecule has 2 heterocycles. The SMILES string of the molecule is CCN1NC(C)C2C1C(=O)N(Cc1ccc(F)cc1)C(=O)N2CC(=O)NC(C)CCc1ccccc1. The Labute approximate surface area is 211 Å². The summed E-state index contributed by atoms with van der Waals surface area (Å²) in [5.74, 6) is -0.970. The number of urea groups is 1. The summed E-state index contributed by atoms with van der Waals surface area (Å²) >= 11 is 0. The number of aryl methyl sites for hydroxylation is 1. The summed E-state index contributed by atoms with van der Waals surface area (Å²) in [4.78, 5) is 42.7. The van der Waals surface area contributed by atoms with E-state index in [2.05, 4.69) is 22.9 Å². The fourth-order valence-corrected chi connectivity index (χ4v) is 5.09. The lowest BCUT2D eigenvalue weighted by molar-refractivity contribution is -0.140. The minimum Gasteiger partial charge on any atom is -0.352 e. The Bertz CT molecular complexity index is 1080. The van der Waals surface area contributed by atoms with Gasteiger partial charge in [0.25, 0.3) is 5.91 Å². The molecule has 9 heteroatoms. The topological polar surface area (TPSA) is 85.0 Å². The molecular formula is C27H34FN5O3. The van der Waals surface area contributed by atoms with E-state index in [1.807, 2.05) is 44.0 Å². The average molecular weight is 496 g/mol. The lowest BCUT2D eigenvalue weighted by atomic mass is 9.97. The third-order valence-electron chi connectivity index (χ3n) is 6.92. The lowest BCUT2D eigenvalue weighted by Crippen LogP contribution is -2.67. The number of imide groups is 1. The standard InChI is InChI=1S/C27H34FN5O3/c1-4-33-25-24(19(3)30-33)31(17-23(34)29-18(2)10-11-20-8-6-5-7-9-20)27(36)32(26(25)35)16-21-12-14-22(28)15-13-21/h5-9,12-15,18-19,24-25,30H,4,10-11,16-17H2,1-3H3,(H,29,34). The van der Waals surface area contributed by atoms with Crippen LogP contribution in [0, 0.1) is 5.82 Å². The lowest BCUT2D eigenvalue weighted by Gasteiger charge is -2.43. The summed E-state index contributed by atoms with van der Waals surface area (Å²) < 4.78 is 13.4. The van der Waals surface area contributed by atoms with Crippen molar-refractivity contribution >= 4 is 17.8 Å². The van der Waals surface area contributed by atoms with Crippen LogP contribution in [0.15, 0.2) is 54.6 Å². The molecule has 0 spiro atoms. The third kappa shape index (κ3) is 5.57. The van der Waals surface area contributed by atoms with Crippen molar-refractivity contribution in [1.29, 1.82) is 0 Å². The smallest absolute Gasteiger partial charge is 0.327 e. The maximum atomic E-state index is 13.6. The molecule has 0 saturated carbocycles. The first kappa shape index (κ1) is 25.8. The minimum atomic E-state index is -0.605. The average Bonchev–Trinajstić information content (AvgIpc) is 3.21. The highest BCUT2D eigenvalue weighted by Gasteiger charge is 2.54. The Morgan fingerprint density at radius 1 is 1.08 bits per heavy atom. The van der Waals surface area contributed by atoms with E-state index in [-0.39, 0.29) is 42.8 Å². The molecule has 4 atom stereocenters. The van der Waals surface area contributed by atoms with Gasteiger partial charge in [0, 0.05) is 18.6 Å². The van der Waals surface area contributed by atoms with E-state index in [0.717, 1.165) is 12.8 Å². The number of nitrogens with zero attached hydrogens (tertiary/aromatic N) is 3. The van der Waals surface area contributed by atoms with Gasteiger partial charge in [-0.1, -0.05) is 49.4 Å². The van der Waals surface area contributed by atoms with Crippen molar-refractivity contribution in [2.75, 3.05) is 13.1 Å². The summed E-state index contributed by atoms with van der Waals surface area (Å²) in [5.41, 5.74) is 5.12. The van der Waals surface area contributed by atoms with Crippen LogP contribution in [-0.2, 0) is 22.6 Å². The maximum absolute atomic E-state index is 13.6. The number of likely N-dealkylation sites (N-methyl/N-ethyl adjacent to an activating group) is 1. The predicted octanol–water partition coefficient (Wildman–Crippen LogP) is 2.69. The van der Waals surface area contributed by atoms with Crippen LogP contribution < -0.4 is 10.7 Å². The Balaban J connectivity index is 1.48. The zero-order valence-electron chi connectivity index (χ0n) is 21.0. The summed E-state index contributed by atoms with van der Waals surface area (Å²) in [5, 5.41) is 4.84. The summed E-state index contributed by atoms with van der Waals surface area (Å²) in [6.45, 7) is 6.22. The zero-order chi connectivity index (χ0) is 25.8. The number of amides is 4. The first-order chi connectivity index (χ1) is 17.3. The van der Waals surface area contributed by atoms with E-state index < -0.39 is 18.1 Å². The van der Waals surface area contributed by atoms with Gasteiger partial charge in [0.05, 0.1) is 12.6 Å². The maximum Gasteiger partial charge on any atom is 0.327 e. The van der Waals surface area contributed by atoms with Crippen LogP contribution in [-0.4, -0.2) is 69.9 Å². The number of carbonyl (C=O) groups is 3. The Hall–Kier alpha value is -3.30. The molecule has 192 valence electrons. The monoisotopic (exact) mass is 495 g/mol. The van der Waals surface area contributed by atoms with Crippen molar-refractivity contribution in [3.8, 4) is 0 Å². The van der Waals surface area contributed by atoms with E-state index in [1.54, 1.807) is 12.1 Å². The third-order valence-corrected chi connectivity index (χ3v) is 6.92. The first-order valence-corrected chi connectivity index (χ1v) is 12.5. The molecule has 2 aromatic rings. The van der Waals surface area contributed by atoms with Crippen LogP contribution in [0.1, 0.15) is 38.3 Å². The summed E-state index contributed by atoms with van der Waals surface area (Å²) in [6, 6.07) is 13.9. The van der Waals surface area contributed by atoms with Gasteiger partial charge in [-0.15, -0.1) is 0 Å². The van der Waals surface area contributed by atoms with Crippen molar-refractivity contribution in [2.24, 2.45) is 0 Å². The molecule has 2 aromatic carbocycles. The van der Waals surface area contributed by atoms with Crippen molar-refractivity contribution in [2.45, 2.75) is 64.3 Å². The number of fused-ring (bicyclic) bond motifs is 1. The number of hydrogen-bond donors (Lipinski definition) is 2. The second kappa shape index (κ2) is 11.2. The highest BCUT2D eigenvalue weighted by molar-refractivity contribution is 6.02. The Kier molecular flexibility index (Phi) is 8.01. The van der Waals surface area contributed by atoms with Crippen LogP contribution in [0.4, 0.5) is 9.18 Å². The van der Waals surface area contributed by atoms with Crippen LogP contribution in [0.3, 0.4) is 0 Å². The van der Waals surface area contributed by atoms with E-state index in [1.165, 1.54) is 27.5 Å². The van der Waals surface area contributed by atoms with Gasteiger partial charge in [0.1, 0.15) is 18.4 Å². The molecule has 0 aromatic heterocycles. The summed E-state index contributed by atoms with van der Waals surface area (Å²) in [6.07, 6.45) is 1.61. The highest BCUT2D eigenvalue weighted by atomic mass is 19.1. The second-order valence-corrected chi connectivity index (χ2v) is 9.59. The number of benzene rings is 2. The van der Waals surface area contributed by atoms with Crippen LogP contribution in [0.5, 0.6) is 0 Å². The van der Waals surface area contributed by atoms with Crippen molar-refractivity contribution in [3.05, 3.63) is 71.5 Å². The molecule has 2 fully saturated rings. The molecule has 0 bridgehead atoms. The fourth-order valence-electron chi connectivity index (χ4n) is 5.09. The van der Waals surface area contributed by atoms with Gasteiger partial charge in [-0.05, 0) is 49.9 Å². The molecule has 2 aliphatic heterocycles. The fraction of sp³-hybridized carbons (Fsp3) is 0.444. The second-order valence-electron chi connectivity index (χ2n) is 9.59. The summed E-state index contributed by atoms with van der Waals surface area (Å²) in [7, 11) is 0. The molecule has 2 aliphatic rings. The normalized spacial score (nSPS) is 23.1. The molecule has 2 N–H and O–H groups in total. The van der Waals surface area contributed by atoms with Crippen molar-refractivity contribution in [3.63, 3.8) is 0 Å². The van der Waals surface area contributed by atoms with Gasteiger partial charge in [-0.3, -0.25) is 14.5 Å². The van der Waals surface area contributed by atoms with Gasteiger partial charge >= 0.3 is 6.03 Å². The Morgan fingerprint density at radius 2 is 1.78 bits per heavy atom. The largest absolute Gasteiger partial charge is 0.352 e. The number of hydrazine groups is 1. The minimum absolute atomic E-state index is 0.0126. The molecule has 0 radical (unpaired) electrons. The molecular weight excluding hydrogens is 461 g/mol. The molecule has 2 saturated heterocycles. The number of nitrogens with one attached hydrogen (secondary N) is 2. The van der Waals surface area contributed by atoms with Gasteiger partial charge in [-0.25, -0.2) is 19.6 Å². The molecule has 4 rings (SSSR count). The van der Waals surface area contributed by atoms with Crippen LogP contribution >= 0.6 is 0 Å². The van der Waals surface area contributed by atoms with E-state index in [9.17, 15) is 18.8 Å². The Morgan fingerprint density at radius 3 is 2.44 bits per heavy atom. The van der Waals surface area contributed by atoms with Crippen molar-refractivity contribution < 1.29 is 18.8 Å². The predicted molar refractivity (Wildman–Crippen MR) is 134 cm³/mol. The highest BCUT2D eigenvalue weighted by Crippen LogP contribution is 2.29. The number of hydrogen-bond acceptors (Lipinski definition) is 5. The molecule has 4 amide bonds. The van der Waals surface area contributed by atoms with Gasteiger partial charge in [0.2, 0.25) is 5.91 Å². The van der Waals surface area contributed by atoms with Gasteiger partial charge in [0.15, 0.2) is 0 Å². The van der Waals surface area contributed by atoms with E-state index in [0.29, 0.717) is 12.1 Å². The van der Waals surface area contributed by atoms with Crippen LogP contribution in [0.25, 0.3) is 0 Å². The number of carbonyl (C=O) groups excluding carboxylic acids is 3.